The van der Waals surface area contributed by atoms with Crippen molar-refractivity contribution in [3.05, 3.63) is 30.1 Å². The van der Waals surface area contributed by atoms with Crippen LogP contribution in [0, 0.1) is 6.92 Å². The summed E-state index contributed by atoms with van der Waals surface area (Å²) >= 11 is 1.25. The molecule has 14 heteroatoms. The Morgan fingerprint density at radius 3 is 2.69 bits per heavy atom. The van der Waals surface area contributed by atoms with E-state index in [-0.39, 0.29) is 11.7 Å². The van der Waals surface area contributed by atoms with Crippen LogP contribution in [0.3, 0.4) is 0 Å². The average Bonchev–Trinajstić information content (AvgIpc) is 3.43. The van der Waals surface area contributed by atoms with Crippen molar-refractivity contribution in [3.8, 4) is 5.69 Å². The highest BCUT2D eigenvalue weighted by Crippen LogP contribution is 2.22. The summed E-state index contributed by atoms with van der Waals surface area (Å²) in [5.74, 6) is 1.42. The van der Waals surface area contributed by atoms with Gasteiger partial charge in [-0.05, 0) is 55.0 Å². The lowest BCUT2D eigenvalue weighted by Crippen LogP contribution is -2.15. The molecule has 0 aliphatic carbocycles. The van der Waals surface area contributed by atoms with Crippen molar-refractivity contribution in [3.63, 3.8) is 0 Å². The standard InChI is InChI=1S/C18H22N12OS/c1-4-19-15-23-16(20-5-2)30-17(24-15)25-26-18(30)32-9-14(31)22-12-6-7-13(11(3)8-12)29-10-21-27-28-29/h6-8,10H,4-5,9H2,1-3H3,(H,22,31)(H2,19,20,23,24,25). The Bertz CT molecular complexity index is 1220. The quantitative estimate of drug-likeness (QED) is 0.314. The number of nitrogens with one attached hydrogen (secondary N) is 3. The fourth-order valence-electron chi connectivity index (χ4n) is 2.99. The minimum Gasteiger partial charge on any atom is -0.355 e. The van der Waals surface area contributed by atoms with Crippen LogP contribution in [0.5, 0.6) is 0 Å². The molecular formula is C18H22N12OS. The van der Waals surface area contributed by atoms with Crippen molar-refractivity contribution in [1.82, 2.24) is 44.8 Å². The first-order valence-corrected chi connectivity index (χ1v) is 10.9. The van der Waals surface area contributed by atoms with Crippen LogP contribution in [0.2, 0.25) is 0 Å². The predicted molar refractivity (Wildman–Crippen MR) is 120 cm³/mol. The number of anilines is 3. The number of nitrogens with zero attached hydrogens (tertiary/aromatic N) is 9. The van der Waals surface area contributed by atoms with E-state index in [0.29, 0.717) is 41.6 Å². The van der Waals surface area contributed by atoms with E-state index in [1.807, 2.05) is 32.9 Å². The van der Waals surface area contributed by atoms with Gasteiger partial charge in [0.15, 0.2) is 5.16 Å². The minimum absolute atomic E-state index is 0.148. The van der Waals surface area contributed by atoms with Crippen LogP contribution in [0.25, 0.3) is 11.5 Å². The van der Waals surface area contributed by atoms with Gasteiger partial charge >= 0.3 is 0 Å². The Kier molecular flexibility index (Phi) is 6.39. The van der Waals surface area contributed by atoms with Gasteiger partial charge in [-0.2, -0.15) is 9.97 Å². The van der Waals surface area contributed by atoms with Crippen molar-refractivity contribution in [2.24, 2.45) is 0 Å². The van der Waals surface area contributed by atoms with E-state index >= 15 is 0 Å². The van der Waals surface area contributed by atoms with Crippen LogP contribution >= 0.6 is 11.8 Å². The fraction of sp³-hybridized carbons (Fsp3) is 0.333. The van der Waals surface area contributed by atoms with Gasteiger partial charge in [-0.1, -0.05) is 11.8 Å². The van der Waals surface area contributed by atoms with Crippen molar-refractivity contribution in [2.75, 3.05) is 34.8 Å². The molecule has 0 fully saturated rings. The summed E-state index contributed by atoms with van der Waals surface area (Å²) in [6.45, 7) is 7.21. The van der Waals surface area contributed by atoms with Gasteiger partial charge in [-0.3, -0.25) is 4.79 Å². The number of aryl methyl sites for hydroxylation is 1. The summed E-state index contributed by atoms with van der Waals surface area (Å²) in [5.41, 5.74) is 2.45. The number of carbonyl (C=O) groups is 1. The summed E-state index contributed by atoms with van der Waals surface area (Å²) < 4.78 is 3.27. The van der Waals surface area contributed by atoms with Crippen molar-refractivity contribution in [1.29, 1.82) is 0 Å². The number of benzene rings is 1. The van der Waals surface area contributed by atoms with Gasteiger partial charge in [0, 0.05) is 18.8 Å². The fourth-order valence-corrected chi connectivity index (χ4v) is 3.71. The normalized spacial score (nSPS) is 11.0. The molecule has 3 heterocycles. The van der Waals surface area contributed by atoms with Gasteiger partial charge in [0.2, 0.25) is 17.8 Å². The summed E-state index contributed by atoms with van der Waals surface area (Å²) in [6.07, 6.45) is 1.52. The van der Waals surface area contributed by atoms with Crippen molar-refractivity contribution >= 4 is 41.0 Å². The van der Waals surface area contributed by atoms with Crippen LogP contribution in [0.4, 0.5) is 17.6 Å². The molecule has 166 valence electrons. The van der Waals surface area contributed by atoms with Gasteiger partial charge in [0.05, 0.1) is 11.4 Å². The maximum absolute atomic E-state index is 12.5. The minimum atomic E-state index is -0.170. The Morgan fingerprint density at radius 2 is 1.97 bits per heavy atom. The lowest BCUT2D eigenvalue weighted by Gasteiger charge is -2.10. The Labute approximate surface area is 187 Å². The molecule has 0 spiro atoms. The summed E-state index contributed by atoms with van der Waals surface area (Å²) in [7, 11) is 0. The van der Waals surface area contributed by atoms with Gasteiger partial charge < -0.3 is 16.0 Å². The van der Waals surface area contributed by atoms with E-state index in [1.54, 1.807) is 15.1 Å². The number of hydrogen-bond donors (Lipinski definition) is 3. The molecule has 4 rings (SSSR count). The van der Waals surface area contributed by atoms with Crippen molar-refractivity contribution in [2.45, 2.75) is 25.9 Å². The highest BCUT2D eigenvalue weighted by molar-refractivity contribution is 7.99. The Hall–Kier alpha value is -3.81. The van der Waals surface area contributed by atoms with Gasteiger partial charge in [-0.25, -0.2) is 9.08 Å². The first-order chi connectivity index (χ1) is 15.6. The molecule has 13 nitrogen and oxygen atoms in total. The molecule has 0 atom stereocenters. The van der Waals surface area contributed by atoms with E-state index in [4.69, 9.17) is 0 Å². The zero-order valence-corrected chi connectivity index (χ0v) is 18.6. The highest BCUT2D eigenvalue weighted by Gasteiger charge is 2.16. The molecule has 0 saturated heterocycles. The first kappa shape index (κ1) is 21.4. The smallest absolute Gasteiger partial charge is 0.261 e. The van der Waals surface area contributed by atoms with Gasteiger partial charge in [-0.15, -0.1) is 15.3 Å². The van der Waals surface area contributed by atoms with E-state index < -0.39 is 0 Å². The molecule has 32 heavy (non-hydrogen) atoms. The summed E-state index contributed by atoms with van der Waals surface area (Å²) in [5, 5.41) is 29.2. The first-order valence-electron chi connectivity index (χ1n) is 9.96. The molecule has 0 unspecified atom stereocenters. The van der Waals surface area contributed by atoms with Gasteiger partial charge in [0.1, 0.15) is 6.33 Å². The molecular weight excluding hydrogens is 432 g/mol. The molecule has 3 aromatic heterocycles. The molecule has 4 aromatic rings. The molecule has 0 aliphatic heterocycles. The Balaban J connectivity index is 1.45. The SMILES string of the molecule is CCNc1nc(NCC)n2c(SCC(=O)Nc3ccc(-n4cnnn4)c(C)c3)nnc2n1. The number of amides is 1. The lowest BCUT2D eigenvalue weighted by molar-refractivity contribution is -0.113. The van der Waals surface area contributed by atoms with Crippen LogP contribution < -0.4 is 16.0 Å². The van der Waals surface area contributed by atoms with Crippen LogP contribution in [0.15, 0.2) is 29.7 Å². The summed E-state index contributed by atoms with van der Waals surface area (Å²) in [6, 6.07) is 5.52. The zero-order valence-electron chi connectivity index (χ0n) is 17.8. The largest absolute Gasteiger partial charge is 0.355 e. The predicted octanol–water partition coefficient (Wildman–Crippen LogP) is 1.40. The van der Waals surface area contributed by atoms with Gasteiger partial charge in [0.25, 0.3) is 5.78 Å². The highest BCUT2D eigenvalue weighted by atomic mass is 32.2. The monoisotopic (exact) mass is 454 g/mol. The molecule has 1 amide bonds. The zero-order chi connectivity index (χ0) is 22.5. The molecule has 1 aromatic carbocycles. The maximum atomic E-state index is 12.5. The summed E-state index contributed by atoms with van der Waals surface area (Å²) in [4.78, 5) is 21.4. The van der Waals surface area contributed by atoms with E-state index in [0.717, 1.165) is 11.3 Å². The number of tetrazole rings is 1. The molecule has 0 radical (unpaired) electrons. The van der Waals surface area contributed by atoms with Crippen molar-refractivity contribution < 1.29 is 4.79 Å². The second kappa shape index (κ2) is 9.55. The van der Waals surface area contributed by atoms with Crippen LogP contribution in [-0.4, -0.2) is 69.5 Å². The number of rotatable bonds is 9. The number of aromatic nitrogens is 9. The Morgan fingerprint density at radius 1 is 1.12 bits per heavy atom. The van der Waals surface area contributed by atoms with E-state index in [9.17, 15) is 4.79 Å². The second-order valence-electron chi connectivity index (χ2n) is 6.64. The third-order valence-electron chi connectivity index (χ3n) is 4.32. The van der Waals surface area contributed by atoms with E-state index in [2.05, 4.69) is 51.6 Å². The van der Waals surface area contributed by atoms with Crippen LogP contribution in [0.1, 0.15) is 19.4 Å². The second-order valence-corrected chi connectivity index (χ2v) is 7.58. The molecule has 0 saturated carbocycles. The van der Waals surface area contributed by atoms with E-state index in [1.165, 1.54) is 18.1 Å². The third-order valence-corrected chi connectivity index (χ3v) is 5.25. The number of thioether (sulfide) groups is 1. The molecule has 3 N–H and O–H groups in total. The third kappa shape index (κ3) is 4.59. The topological polar surface area (TPSA) is 153 Å². The average molecular weight is 455 g/mol. The number of hydrogen-bond acceptors (Lipinski definition) is 11. The number of fused-ring (bicyclic) bond motifs is 1. The number of carbonyl (C=O) groups excluding carboxylic acids is 1. The maximum Gasteiger partial charge on any atom is 0.261 e. The lowest BCUT2D eigenvalue weighted by atomic mass is 10.2. The molecule has 0 bridgehead atoms. The molecule has 0 aliphatic rings. The van der Waals surface area contributed by atoms with Crippen LogP contribution in [-0.2, 0) is 4.79 Å².